The van der Waals surface area contributed by atoms with Crippen LogP contribution < -0.4 is 10.0 Å². The van der Waals surface area contributed by atoms with Crippen LogP contribution in [0.15, 0.2) is 28.4 Å². The highest BCUT2D eigenvalue weighted by Crippen LogP contribution is 2.38. The van der Waals surface area contributed by atoms with Crippen molar-refractivity contribution in [3.63, 3.8) is 0 Å². The van der Waals surface area contributed by atoms with Gasteiger partial charge >= 0.3 is 0 Å². The molecule has 0 saturated carbocycles. The summed E-state index contributed by atoms with van der Waals surface area (Å²) in [5.74, 6) is -0.574. The first-order valence-corrected chi connectivity index (χ1v) is 11.1. The van der Waals surface area contributed by atoms with E-state index in [-0.39, 0.29) is 16.7 Å². The zero-order valence-electron chi connectivity index (χ0n) is 15.2. The zero-order valence-corrected chi connectivity index (χ0v) is 17.6. The van der Waals surface area contributed by atoms with E-state index in [1.54, 1.807) is 26.0 Å². The minimum Gasteiger partial charge on any atom is -0.457 e. The molecule has 3 heterocycles. The van der Waals surface area contributed by atoms with Gasteiger partial charge in [-0.3, -0.25) is 4.79 Å². The lowest BCUT2D eigenvalue weighted by atomic mass is 10.3. The van der Waals surface area contributed by atoms with E-state index in [1.807, 2.05) is 6.92 Å². The lowest BCUT2D eigenvalue weighted by Gasteiger charge is -2.18. The Morgan fingerprint density at radius 2 is 2.04 bits per heavy atom. The maximum Gasteiger partial charge on any atom is 0.250 e. The van der Waals surface area contributed by atoms with Crippen molar-refractivity contribution in [2.75, 3.05) is 11.9 Å². The van der Waals surface area contributed by atoms with Gasteiger partial charge in [-0.05, 0) is 19.1 Å². The first-order valence-electron chi connectivity index (χ1n) is 7.96. The van der Waals surface area contributed by atoms with E-state index in [0.717, 1.165) is 26.8 Å². The van der Waals surface area contributed by atoms with Crippen LogP contribution in [0.4, 0.5) is 5.13 Å². The molecule has 8 nitrogen and oxygen atoms in total. The molecule has 3 rings (SSSR count). The number of ether oxygens (including phenoxy) is 2. The summed E-state index contributed by atoms with van der Waals surface area (Å²) >= 11 is 2.44. The molecule has 2 N–H and O–H groups in total. The molecule has 1 amide bonds. The zero-order chi connectivity index (χ0) is 19.8. The standard InChI is InChI=1S/C16H19N3O5S3/c1-9-14(26-15(18-9)19-10(2)20)12-5-6-13(25-12)27(21,22)17-7-11-8-23-16(3,4)24-11/h5-6,8,17H,7H2,1-4H3,(H,18,19,20). The van der Waals surface area contributed by atoms with Gasteiger partial charge in [0, 0.05) is 25.6 Å². The Morgan fingerprint density at radius 1 is 1.30 bits per heavy atom. The molecule has 0 saturated heterocycles. The van der Waals surface area contributed by atoms with Crippen LogP contribution in [-0.2, 0) is 24.3 Å². The second-order valence-corrected chi connectivity index (χ2v) is 10.3. The molecule has 0 unspecified atom stereocenters. The molecule has 2 aromatic rings. The maximum absolute atomic E-state index is 12.5. The number of carbonyl (C=O) groups is 1. The van der Waals surface area contributed by atoms with Crippen molar-refractivity contribution >= 4 is 43.7 Å². The first-order chi connectivity index (χ1) is 12.6. The number of sulfonamides is 1. The number of amides is 1. The quantitative estimate of drug-likeness (QED) is 0.731. The van der Waals surface area contributed by atoms with Crippen LogP contribution in [0.1, 0.15) is 26.5 Å². The van der Waals surface area contributed by atoms with Gasteiger partial charge in [0.25, 0.3) is 0 Å². The molecule has 0 aliphatic carbocycles. The van der Waals surface area contributed by atoms with Crippen molar-refractivity contribution < 1.29 is 22.7 Å². The Kier molecular flexibility index (Phi) is 5.30. The van der Waals surface area contributed by atoms with Crippen molar-refractivity contribution in [1.29, 1.82) is 0 Å². The van der Waals surface area contributed by atoms with E-state index in [0.29, 0.717) is 10.9 Å². The third-order valence-corrected chi connectivity index (χ3v) is 7.67. The lowest BCUT2D eigenvalue weighted by molar-refractivity contribution is -0.116. The van der Waals surface area contributed by atoms with Gasteiger partial charge in [0.1, 0.15) is 10.5 Å². The Bertz CT molecular complexity index is 1000. The summed E-state index contributed by atoms with van der Waals surface area (Å²) in [6.45, 7) is 6.71. The number of thiazole rings is 1. The number of carbonyl (C=O) groups excluding carboxylic acids is 1. The molecular formula is C16H19N3O5S3. The van der Waals surface area contributed by atoms with Crippen molar-refractivity contribution in [2.45, 2.75) is 37.7 Å². The molecular weight excluding hydrogens is 410 g/mol. The fourth-order valence-corrected chi connectivity index (χ4v) is 5.82. The predicted molar refractivity (Wildman–Crippen MR) is 104 cm³/mol. The highest BCUT2D eigenvalue weighted by atomic mass is 32.2. The van der Waals surface area contributed by atoms with Crippen LogP contribution in [0.25, 0.3) is 9.75 Å². The van der Waals surface area contributed by atoms with E-state index in [9.17, 15) is 13.2 Å². The van der Waals surface area contributed by atoms with E-state index >= 15 is 0 Å². The summed E-state index contributed by atoms with van der Waals surface area (Å²) in [7, 11) is -3.69. The normalized spacial score (nSPS) is 15.8. The largest absolute Gasteiger partial charge is 0.457 e. The smallest absolute Gasteiger partial charge is 0.250 e. The average molecular weight is 430 g/mol. The van der Waals surface area contributed by atoms with Crippen molar-refractivity contribution in [1.82, 2.24) is 9.71 Å². The molecule has 27 heavy (non-hydrogen) atoms. The Labute approximate surface area is 165 Å². The third kappa shape index (κ3) is 4.67. The summed E-state index contributed by atoms with van der Waals surface area (Å²) in [5, 5.41) is 3.13. The molecule has 146 valence electrons. The Hall–Kier alpha value is -1.95. The number of aromatic nitrogens is 1. The second kappa shape index (κ2) is 7.23. The van der Waals surface area contributed by atoms with Gasteiger partial charge in [-0.1, -0.05) is 11.3 Å². The van der Waals surface area contributed by atoms with E-state index in [2.05, 4.69) is 15.0 Å². The Morgan fingerprint density at radius 3 is 2.67 bits per heavy atom. The van der Waals surface area contributed by atoms with E-state index in [1.165, 1.54) is 24.5 Å². The van der Waals surface area contributed by atoms with Crippen molar-refractivity contribution in [3.05, 3.63) is 29.8 Å². The molecule has 1 aliphatic rings. The number of nitrogens with one attached hydrogen (secondary N) is 2. The van der Waals surface area contributed by atoms with Gasteiger partial charge in [-0.15, -0.1) is 11.3 Å². The summed E-state index contributed by atoms with van der Waals surface area (Å²) < 4.78 is 38.5. The van der Waals surface area contributed by atoms with Crippen LogP contribution in [0, 0.1) is 6.92 Å². The Balaban J connectivity index is 1.73. The summed E-state index contributed by atoms with van der Waals surface area (Å²) in [5.41, 5.74) is 0.728. The fraction of sp³-hybridized carbons (Fsp3) is 0.375. The predicted octanol–water partition coefficient (Wildman–Crippen LogP) is 3.04. The molecule has 0 aromatic carbocycles. The van der Waals surface area contributed by atoms with Gasteiger partial charge in [-0.2, -0.15) is 0 Å². The molecule has 0 fully saturated rings. The molecule has 0 spiro atoms. The van der Waals surface area contributed by atoms with Crippen LogP contribution in [-0.4, -0.2) is 31.6 Å². The first kappa shape index (κ1) is 19.8. The minimum atomic E-state index is -3.69. The van der Waals surface area contributed by atoms with Gasteiger partial charge in [0.2, 0.25) is 21.7 Å². The van der Waals surface area contributed by atoms with Crippen LogP contribution >= 0.6 is 22.7 Å². The minimum absolute atomic E-state index is 0.00522. The molecule has 11 heteroatoms. The topological polar surface area (TPSA) is 107 Å². The summed E-state index contributed by atoms with van der Waals surface area (Å²) in [6, 6.07) is 3.28. The van der Waals surface area contributed by atoms with Gasteiger partial charge in [0.15, 0.2) is 10.9 Å². The second-order valence-electron chi connectivity index (χ2n) is 6.26. The SMILES string of the molecule is CC(=O)Nc1nc(C)c(-c2ccc(S(=O)(=O)NCC3=COC(C)(C)O3)s2)s1. The van der Waals surface area contributed by atoms with Gasteiger partial charge in [-0.25, -0.2) is 18.1 Å². The number of hydrogen-bond acceptors (Lipinski definition) is 8. The number of rotatable bonds is 6. The fourth-order valence-electron chi connectivity index (χ4n) is 2.30. The molecule has 0 radical (unpaired) electrons. The van der Waals surface area contributed by atoms with E-state index in [4.69, 9.17) is 9.47 Å². The van der Waals surface area contributed by atoms with E-state index < -0.39 is 15.8 Å². The van der Waals surface area contributed by atoms with Gasteiger partial charge < -0.3 is 14.8 Å². The maximum atomic E-state index is 12.5. The van der Waals surface area contributed by atoms with Crippen molar-refractivity contribution in [3.8, 4) is 9.75 Å². The third-order valence-electron chi connectivity index (χ3n) is 3.44. The van der Waals surface area contributed by atoms with Crippen molar-refractivity contribution in [2.24, 2.45) is 0 Å². The molecule has 1 aliphatic heterocycles. The highest BCUT2D eigenvalue weighted by Gasteiger charge is 2.28. The van der Waals surface area contributed by atoms with Crippen LogP contribution in [0.3, 0.4) is 0 Å². The average Bonchev–Trinajstić information content (AvgIpc) is 3.24. The molecule has 2 aromatic heterocycles. The summed E-state index contributed by atoms with van der Waals surface area (Å²) in [4.78, 5) is 17.1. The van der Waals surface area contributed by atoms with Crippen LogP contribution in [0.5, 0.6) is 0 Å². The highest BCUT2D eigenvalue weighted by molar-refractivity contribution is 7.91. The number of thiophene rings is 1. The lowest BCUT2D eigenvalue weighted by Crippen LogP contribution is -2.27. The molecule has 0 atom stereocenters. The monoisotopic (exact) mass is 429 g/mol. The molecule has 0 bridgehead atoms. The summed E-state index contributed by atoms with van der Waals surface area (Å²) in [6.07, 6.45) is 1.41. The number of hydrogen-bond donors (Lipinski definition) is 2. The number of nitrogens with zero attached hydrogens (tertiary/aromatic N) is 1. The van der Waals surface area contributed by atoms with Gasteiger partial charge in [0.05, 0.1) is 17.1 Å². The number of aryl methyl sites for hydroxylation is 1. The van der Waals surface area contributed by atoms with Crippen LogP contribution in [0.2, 0.25) is 0 Å². The number of anilines is 1.